The molecule has 0 bridgehead atoms. The quantitative estimate of drug-likeness (QED) is 0.694. The average Bonchev–Trinajstić information content (AvgIpc) is 3.10. The van der Waals surface area contributed by atoms with E-state index in [2.05, 4.69) is 54.7 Å². The monoisotopic (exact) mass is 339 g/mol. The van der Waals surface area contributed by atoms with E-state index in [9.17, 15) is 0 Å². The van der Waals surface area contributed by atoms with E-state index >= 15 is 0 Å². The van der Waals surface area contributed by atoms with Gasteiger partial charge in [0, 0.05) is 16.6 Å². The molecule has 0 radical (unpaired) electrons. The molecule has 0 saturated carbocycles. The van der Waals surface area contributed by atoms with E-state index in [1.54, 1.807) is 0 Å². The Morgan fingerprint density at radius 3 is 2.79 bits per heavy atom. The molecule has 24 heavy (non-hydrogen) atoms. The van der Waals surface area contributed by atoms with E-state index in [1.165, 1.54) is 16.8 Å². The minimum atomic E-state index is 0.317. The normalized spacial score (nSPS) is 24.2. The van der Waals surface area contributed by atoms with Gasteiger partial charge in [-0.05, 0) is 60.2 Å². The van der Waals surface area contributed by atoms with E-state index in [0.717, 1.165) is 30.2 Å². The summed E-state index contributed by atoms with van der Waals surface area (Å²) in [6.45, 7) is 2.90. The van der Waals surface area contributed by atoms with Crippen LogP contribution in [0.2, 0.25) is 5.02 Å². The van der Waals surface area contributed by atoms with Crippen molar-refractivity contribution in [2.24, 2.45) is 5.92 Å². The van der Waals surface area contributed by atoms with Crippen LogP contribution in [0.4, 0.5) is 5.69 Å². The van der Waals surface area contributed by atoms with E-state index in [-0.39, 0.29) is 0 Å². The maximum absolute atomic E-state index is 6.06. The van der Waals surface area contributed by atoms with Crippen LogP contribution in [0.25, 0.3) is 0 Å². The first-order chi connectivity index (χ1) is 11.8. The van der Waals surface area contributed by atoms with E-state index in [0.29, 0.717) is 17.9 Å². The Balaban J connectivity index is 1.68. The summed E-state index contributed by atoms with van der Waals surface area (Å²) in [5.41, 5.74) is 3.87. The number of hydrogen-bond acceptors (Lipinski definition) is 2. The third-order valence-corrected chi connectivity index (χ3v) is 5.29. The molecule has 2 nitrogen and oxygen atoms in total. The van der Waals surface area contributed by atoms with Gasteiger partial charge >= 0.3 is 0 Å². The lowest BCUT2D eigenvalue weighted by Gasteiger charge is -2.37. The van der Waals surface area contributed by atoms with E-state index in [1.807, 2.05) is 12.1 Å². The highest BCUT2D eigenvalue weighted by molar-refractivity contribution is 6.30. The predicted octanol–water partition coefficient (Wildman–Crippen LogP) is 5.96. The Bertz CT molecular complexity index is 753. The molecule has 2 aromatic rings. The second-order valence-electron chi connectivity index (χ2n) is 6.62. The van der Waals surface area contributed by atoms with Crippen molar-refractivity contribution in [3.8, 4) is 5.75 Å². The van der Waals surface area contributed by atoms with Gasteiger partial charge in [0.1, 0.15) is 5.75 Å². The second kappa shape index (κ2) is 6.52. The van der Waals surface area contributed by atoms with Gasteiger partial charge in [0.15, 0.2) is 0 Å². The Morgan fingerprint density at radius 1 is 1.17 bits per heavy atom. The smallest absolute Gasteiger partial charge is 0.119 e. The van der Waals surface area contributed by atoms with Gasteiger partial charge in [0.05, 0.1) is 12.6 Å². The second-order valence-corrected chi connectivity index (χ2v) is 7.06. The SMILES string of the molecule is CCCOc1ccc2c(c1)C1C=CCC1C(c1ccc(Cl)cc1)N2. The zero-order chi connectivity index (χ0) is 16.5. The molecule has 2 aliphatic rings. The number of benzene rings is 2. The summed E-state index contributed by atoms with van der Waals surface area (Å²) in [4.78, 5) is 0. The third kappa shape index (κ3) is 2.80. The number of rotatable bonds is 4. The molecule has 0 amide bonds. The molecule has 3 unspecified atom stereocenters. The Kier molecular flexibility index (Phi) is 4.24. The highest BCUT2D eigenvalue weighted by Gasteiger charge is 2.37. The van der Waals surface area contributed by atoms with Gasteiger partial charge in [-0.25, -0.2) is 0 Å². The molecular formula is C21H22ClNO. The van der Waals surface area contributed by atoms with Crippen molar-refractivity contribution in [3.63, 3.8) is 0 Å². The lowest BCUT2D eigenvalue weighted by Crippen LogP contribution is -2.29. The van der Waals surface area contributed by atoms with Crippen molar-refractivity contribution in [2.45, 2.75) is 31.7 Å². The van der Waals surface area contributed by atoms with Crippen molar-refractivity contribution in [1.82, 2.24) is 0 Å². The number of nitrogens with one attached hydrogen (secondary N) is 1. The topological polar surface area (TPSA) is 21.3 Å². The molecule has 1 aliphatic heterocycles. The van der Waals surface area contributed by atoms with Crippen LogP contribution in [-0.4, -0.2) is 6.61 Å². The highest BCUT2D eigenvalue weighted by Crippen LogP contribution is 2.50. The van der Waals surface area contributed by atoms with Crippen LogP contribution in [0.15, 0.2) is 54.6 Å². The minimum absolute atomic E-state index is 0.317. The fourth-order valence-electron chi connectivity index (χ4n) is 3.88. The van der Waals surface area contributed by atoms with Gasteiger partial charge in [-0.15, -0.1) is 0 Å². The molecule has 3 atom stereocenters. The van der Waals surface area contributed by atoms with Crippen molar-refractivity contribution in [2.75, 3.05) is 11.9 Å². The number of ether oxygens (including phenoxy) is 1. The fraction of sp³-hybridized carbons (Fsp3) is 0.333. The zero-order valence-corrected chi connectivity index (χ0v) is 14.6. The predicted molar refractivity (Wildman–Crippen MR) is 100 cm³/mol. The minimum Gasteiger partial charge on any atom is -0.494 e. The molecule has 124 valence electrons. The van der Waals surface area contributed by atoms with Crippen LogP contribution >= 0.6 is 11.6 Å². The summed E-state index contributed by atoms with van der Waals surface area (Å²) in [6.07, 6.45) is 6.80. The van der Waals surface area contributed by atoms with Crippen molar-refractivity contribution in [3.05, 3.63) is 70.8 Å². The number of anilines is 1. The van der Waals surface area contributed by atoms with E-state index < -0.39 is 0 Å². The first kappa shape index (κ1) is 15.6. The van der Waals surface area contributed by atoms with Crippen molar-refractivity contribution < 1.29 is 4.74 Å². The van der Waals surface area contributed by atoms with Crippen LogP contribution in [0.5, 0.6) is 5.75 Å². The summed E-state index contributed by atoms with van der Waals surface area (Å²) >= 11 is 6.06. The summed E-state index contributed by atoms with van der Waals surface area (Å²) in [7, 11) is 0. The third-order valence-electron chi connectivity index (χ3n) is 5.04. The molecule has 1 heterocycles. The highest BCUT2D eigenvalue weighted by atomic mass is 35.5. The lowest BCUT2D eigenvalue weighted by atomic mass is 9.77. The maximum Gasteiger partial charge on any atom is 0.119 e. The Labute approximate surface area is 148 Å². The van der Waals surface area contributed by atoms with Gasteiger partial charge in [0.2, 0.25) is 0 Å². The molecule has 0 aromatic heterocycles. The number of fused-ring (bicyclic) bond motifs is 3. The number of halogens is 1. The van der Waals surface area contributed by atoms with Crippen molar-refractivity contribution in [1.29, 1.82) is 0 Å². The van der Waals surface area contributed by atoms with Gasteiger partial charge in [-0.2, -0.15) is 0 Å². The average molecular weight is 340 g/mol. The van der Waals surface area contributed by atoms with Crippen LogP contribution in [0.1, 0.15) is 42.9 Å². The summed E-state index contributed by atoms with van der Waals surface area (Å²) in [5, 5.41) is 4.53. The largest absolute Gasteiger partial charge is 0.494 e. The zero-order valence-electron chi connectivity index (χ0n) is 13.8. The van der Waals surface area contributed by atoms with Crippen LogP contribution in [0, 0.1) is 5.92 Å². The standard InChI is InChI=1S/C21H22ClNO/c1-2-12-24-16-10-11-20-19(13-16)17-4-3-5-18(17)21(23-20)14-6-8-15(22)9-7-14/h3-4,6-11,13,17-18,21,23H,2,5,12H2,1H3. The number of allylic oxidation sites excluding steroid dienone is 2. The molecular weight excluding hydrogens is 318 g/mol. The first-order valence-electron chi connectivity index (χ1n) is 8.71. The summed E-state index contributed by atoms with van der Waals surface area (Å²) < 4.78 is 5.83. The molecule has 0 saturated heterocycles. The fourth-order valence-corrected chi connectivity index (χ4v) is 4.01. The summed E-state index contributed by atoms with van der Waals surface area (Å²) in [5.74, 6) is 1.97. The molecule has 4 rings (SSSR count). The van der Waals surface area contributed by atoms with Crippen LogP contribution in [0.3, 0.4) is 0 Å². The molecule has 0 fully saturated rings. The maximum atomic E-state index is 6.06. The molecule has 2 aromatic carbocycles. The van der Waals surface area contributed by atoms with Crippen molar-refractivity contribution >= 4 is 17.3 Å². The molecule has 1 N–H and O–H groups in total. The van der Waals surface area contributed by atoms with E-state index in [4.69, 9.17) is 16.3 Å². The van der Waals surface area contributed by atoms with Crippen LogP contribution < -0.4 is 10.1 Å². The molecule has 3 heteroatoms. The first-order valence-corrected chi connectivity index (χ1v) is 9.09. The summed E-state index contributed by atoms with van der Waals surface area (Å²) in [6, 6.07) is 15.0. The molecule has 1 aliphatic carbocycles. The van der Waals surface area contributed by atoms with Gasteiger partial charge in [0.25, 0.3) is 0 Å². The Hall–Kier alpha value is -1.93. The Morgan fingerprint density at radius 2 is 2.00 bits per heavy atom. The van der Waals surface area contributed by atoms with Gasteiger partial charge in [-0.3, -0.25) is 0 Å². The molecule has 0 spiro atoms. The van der Waals surface area contributed by atoms with Gasteiger partial charge < -0.3 is 10.1 Å². The van der Waals surface area contributed by atoms with Crippen LogP contribution in [-0.2, 0) is 0 Å². The van der Waals surface area contributed by atoms with Gasteiger partial charge in [-0.1, -0.05) is 42.8 Å². The number of hydrogen-bond donors (Lipinski definition) is 1. The lowest BCUT2D eigenvalue weighted by molar-refractivity contribution is 0.316.